The molecule has 0 heterocycles. The van der Waals surface area contributed by atoms with E-state index in [2.05, 4.69) is 0 Å². The van der Waals surface area contributed by atoms with Crippen LogP contribution in [0.5, 0.6) is 0 Å². The summed E-state index contributed by atoms with van der Waals surface area (Å²) in [5.74, 6) is 0. The number of rotatable bonds is 0. The quantitative estimate of drug-likeness (QED) is 0.573. The summed E-state index contributed by atoms with van der Waals surface area (Å²) in [6, 6.07) is 0. The molecule has 0 unspecified atom stereocenters. The van der Waals surface area contributed by atoms with Gasteiger partial charge in [-0.25, -0.2) is 0 Å². The Kier molecular flexibility index (Phi) is 9.66. The molecule has 0 spiro atoms. The predicted molar refractivity (Wildman–Crippen MR) is 45.2 cm³/mol. The van der Waals surface area contributed by atoms with Crippen LogP contribution in [0.4, 0.5) is 0 Å². The maximum absolute atomic E-state index is 7.08. The molecule has 0 aliphatic rings. The van der Waals surface area contributed by atoms with Crippen LogP contribution < -0.4 is 0 Å². The minimum atomic E-state index is -2.18. The molecule has 0 bridgehead atoms. The van der Waals surface area contributed by atoms with E-state index in [4.69, 9.17) is 33.0 Å². The van der Waals surface area contributed by atoms with E-state index in [1.165, 1.54) is 0 Å². The molecule has 0 amide bonds. The Hall–Kier alpha value is 1.79. The third-order valence-electron chi connectivity index (χ3n) is 0. The number of halogens is 3. The molecule has 0 saturated carbocycles. The maximum atomic E-state index is 7.08. The number of hydrogen-bond acceptors (Lipinski definition) is 0. The van der Waals surface area contributed by atoms with E-state index in [0.29, 0.717) is 0 Å². The molecular weight excluding hydrogens is 365 g/mol. The summed E-state index contributed by atoms with van der Waals surface area (Å²) in [6.45, 7) is 5.98. The van der Waals surface area contributed by atoms with Crippen molar-refractivity contribution in [1.29, 1.82) is 0 Å². The fraction of sp³-hybridized carbons (Fsp3) is 1.00. The van der Waals surface area contributed by atoms with Crippen molar-refractivity contribution >= 4 is 35.8 Å². The van der Waals surface area contributed by atoms with Gasteiger partial charge in [0.25, 0.3) is 0 Å². The second kappa shape index (κ2) is 6.49. The average molecular weight is 376 g/mol. The molecule has 1 nitrogen and oxygen atoms in total. The van der Waals surface area contributed by atoms with Gasteiger partial charge in [-0.3, -0.25) is 0 Å². The van der Waals surface area contributed by atoms with Gasteiger partial charge in [-0.05, 0) is 0 Å². The third kappa shape index (κ3) is 186. The SMILES string of the molecule is C[Si](C)(C)[NH-].[Cl][Ta]([Cl])[Cl]. The fourth-order valence-corrected chi connectivity index (χ4v) is 0. The summed E-state index contributed by atoms with van der Waals surface area (Å²) in [5, 5.41) is 7.08. The van der Waals surface area contributed by atoms with Gasteiger partial charge in [-0.1, -0.05) is 27.9 Å². The Morgan fingerprint density at radius 1 is 1.11 bits per heavy atom. The van der Waals surface area contributed by atoms with Crippen molar-refractivity contribution in [1.82, 2.24) is 0 Å². The van der Waals surface area contributed by atoms with Crippen molar-refractivity contribution in [3.05, 3.63) is 5.40 Å². The van der Waals surface area contributed by atoms with E-state index >= 15 is 0 Å². The van der Waals surface area contributed by atoms with Crippen molar-refractivity contribution in [2.45, 2.75) is 19.6 Å². The number of nitrogens with one attached hydrogen (secondary N) is 1. The second-order valence-corrected chi connectivity index (χ2v) is 20.9. The van der Waals surface area contributed by atoms with Crippen LogP contribution >= 0.6 is 27.6 Å². The molecule has 0 aromatic heterocycles. The summed E-state index contributed by atoms with van der Waals surface area (Å²) in [5.41, 5.74) is 0. The molecule has 0 radical (unpaired) electrons. The summed E-state index contributed by atoms with van der Waals surface area (Å²) in [6.07, 6.45) is 0. The van der Waals surface area contributed by atoms with E-state index in [0.717, 1.165) is 0 Å². The molecule has 0 saturated heterocycles. The molecular formula is C3H10Cl3NSiTa-. The third-order valence-corrected chi connectivity index (χ3v) is 0. The molecule has 0 fully saturated rings. The molecule has 0 aromatic rings. The summed E-state index contributed by atoms with van der Waals surface area (Å²) in [4.78, 5) is 0. The van der Waals surface area contributed by atoms with Crippen LogP contribution in [0.25, 0.3) is 5.40 Å². The van der Waals surface area contributed by atoms with Gasteiger partial charge < -0.3 is 5.40 Å². The van der Waals surface area contributed by atoms with Gasteiger partial charge >= 0.3 is 42.8 Å². The first-order valence-electron chi connectivity index (χ1n) is 2.26. The van der Waals surface area contributed by atoms with E-state index in [9.17, 15) is 0 Å². The van der Waals surface area contributed by atoms with E-state index < -0.39 is 23.4 Å². The molecule has 0 aliphatic carbocycles. The summed E-state index contributed by atoms with van der Waals surface area (Å²) >= 11 is -2.18. The van der Waals surface area contributed by atoms with Crippen molar-refractivity contribution in [3.63, 3.8) is 0 Å². The Balaban J connectivity index is 0. The fourth-order valence-electron chi connectivity index (χ4n) is 0. The van der Waals surface area contributed by atoms with Gasteiger partial charge in [0.15, 0.2) is 0 Å². The van der Waals surface area contributed by atoms with Gasteiger partial charge in [0.05, 0.1) is 0 Å². The molecule has 0 atom stereocenters. The van der Waals surface area contributed by atoms with Crippen LogP contribution in [0, 0.1) is 0 Å². The van der Waals surface area contributed by atoms with E-state index in [1.54, 1.807) is 0 Å². The normalized spacial score (nSPS) is 10.7. The van der Waals surface area contributed by atoms with Gasteiger partial charge in [0, 0.05) is 0 Å². The van der Waals surface area contributed by atoms with Crippen molar-refractivity contribution in [2.24, 2.45) is 0 Å². The average Bonchev–Trinajstić information content (AvgIpc) is 1.19. The Labute approximate surface area is 75.5 Å². The topological polar surface area (TPSA) is 23.8 Å². The van der Waals surface area contributed by atoms with Gasteiger partial charge in [-0.2, -0.15) is 0 Å². The van der Waals surface area contributed by atoms with Gasteiger partial charge in [0.2, 0.25) is 0 Å². The Bertz CT molecular complexity index is 55.8. The first kappa shape index (κ1) is 13.4. The molecule has 0 aromatic carbocycles. The van der Waals surface area contributed by atoms with E-state index in [1.807, 2.05) is 19.6 Å². The molecule has 9 heavy (non-hydrogen) atoms. The van der Waals surface area contributed by atoms with Crippen LogP contribution in [-0.4, -0.2) is 8.24 Å². The Morgan fingerprint density at radius 3 is 1.11 bits per heavy atom. The van der Waals surface area contributed by atoms with Crippen LogP contribution in [0.1, 0.15) is 0 Å². The first-order valence-corrected chi connectivity index (χ1v) is 17.7. The van der Waals surface area contributed by atoms with Gasteiger partial charge in [-0.15, -0.1) is 0 Å². The molecule has 58 valence electrons. The van der Waals surface area contributed by atoms with Crippen LogP contribution in [0.3, 0.4) is 0 Å². The summed E-state index contributed by atoms with van der Waals surface area (Å²) < 4.78 is 0. The van der Waals surface area contributed by atoms with Crippen molar-refractivity contribution in [3.8, 4) is 0 Å². The monoisotopic (exact) mass is 374 g/mol. The van der Waals surface area contributed by atoms with Crippen LogP contribution in [0.15, 0.2) is 0 Å². The summed E-state index contributed by atoms with van der Waals surface area (Å²) in [7, 11) is 13.7. The number of hydrogen-bond donors (Lipinski definition) is 0. The van der Waals surface area contributed by atoms with Crippen molar-refractivity contribution < 1.29 is 15.2 Å². The minimum absolute atomic E-state index is 1.36. The predicted octanol–water partition coefficient (Wildman–Crippen LogP) is 3.94. The zero-order valence-electron chi connectivity index (χ0n) is 5.58. The Morgan fingerprint density at radius 2 is 1.11 bits per heavy atom. The van der Waals surface area contributed by atoms with Crippen LogP contribution in [-0.2, 0) is 15.2 Å². The van der Waals surface area contributed by atoms with E-state index in [-0.39, 0.29) is 0 Å². The van der Waals surface area contributed by atoms with Crippen molar-refractivity contribution in [2.75, 3.05) is 0 Å². The zero-order chi connectivity index (χ0) is 8.08. The molecule has 0 rings (SSSR count). The van der Waals surface area contributed by atoms with Crippen LogP contribution in [0.2, 0.25) is 19.6 Å². The van der Waals surface area contributed by atoms with Gasteiger partial charge in [0.1, 0.15) is 0 Å². The first-order chi connectivity index (χ1) is 3.73. The molecule has 1 N–H and O–H groups in total. The second-order valence-electron chi connectivity index (χ2n) is 2.44. The standard InChI is InChI=1S/C3H10NSi.3ClH.Ta/c1-5(2,3)4;;;;/h4H,1-3H3;3*1H;/q-1;;;;+3/p-3. The molecule has 6 heteroatoms. The molecule has 0 aliphatic heterocycles. The zero-order valence-corrected chi connectivity index (χ0v) is 12.1.